The van der Waals surface area contributed by atoms with Gasteiger partial charge >= 0.3 is 0 Å². The summed E-state index contributed by atoms with van der Waals surface area (Å²) in [7, 11) is 1.67. The molecule has 1 atom stereocenters. The standard InChI is InChI=1S/C22H27FN2O3/c1-5-28-19-9-7-6-8-18(19)21(26)24-20(15(2)3)22(27)25(4)14-16-10-12-17(23)13-11-16/h6-13,15,20H,5,14H2,1-4H3,(H,24,26). The predicted molar refractivity (Wildman–Crippen MR) is 107 cm³/mol. The SMILES string of the molecule is CCOc1ccccc1C(=O)NC(C(=O)N(C)Cc1ccc(F)cc1)C(C)C. The molecule has 0 spiro atoms. The van der Waals surface area contributed by atoms with Crippen molar-refractivity contribution in [3.05, 3.63) is 65.5 Å². The minimum Gasteiger partial charge on any atom is -0.493 e. The molecule has 2 amide bonds. The molecule has 0 saturated heterocycles. The van der Waals surface area contributed by atoms with E-state index in [1.165, 1.54) is 17.0 Å². The highest BCUT2D eigenvalue weighted by Gasteiger charge is 2.28. The zero-order chi connectivity index (χ0) is 20.7. The van der Waals surface area contributed by atoms with Gasteiger partial charge in [-0.2, -0.15) is 0 Å². The number of carbonyl (C=O) groups is 2. The Balaban J connectivity index is 2.12. The Kier molecular flexibility index (Phi) is 7.55. The summed E-state index contributed by atoms with van der Waals surface area (Å²) in [6.45, 7) is 6.37. The normalized spacial score (nSPS) is 11.8. The molecule has 0 aliphatic heterocycles. The summed E-state index contributed by atoms with van der Waals surface area (Å²) in [6.07, 6.45) is 0. The van der Waals surface area contributed by atoms with E-state index >= 15 is 0 Å². The Labute approximate surface area is 165 Å². The fraction of sp³-hybridized carbons (Fsp3) is 0.364. The van der Waals surface area contributed by atoms with E-state index in [1.54, 1.807) is 43.4 Å². The first-order chi connectivity index (χ1) is 13.3. The van der Waals surface area contributed by atoms with Crippen LogP contribution in [-0.4, -0.2) is 36.4 Å². The molecule has 0 saturated carbocycles. The van der Waals surface area contributed by atoms with Crippen molar-refractivity contribution in [2.24, 2.45) is 5.92 Å². The van der Waals surface area contributed by atoms with Gasteiger partial charge in [-0.05, 0) is 42.7 Å². The molecule has 1 N–H and O–H groups in total. The van der Waals surface area contributed by atoms with E-state index in [9.17, 15) is 14.0 Å². The monoisotopic (exact) mass is 386 g/mol. The maximum Gasteiger partial charge on any atom is 0.255 e. The zero-order valence-corrected chi connectivity index (χ0v) is 16.7. The molecular weight excluding hydrogens is 359 g/mol. The second-order valence-electron chi connectivity index (χ2n) is 6.95. The molecule has 0 fully saturated rings. The van der Waals surface area contributed by atoms with Crippen molar-refractivity contribution in [3.63, 3.8) is 0 Å². The number of carbonyl (C=O) groups excluding carboxylic acids is 2. The lowest BCUT2D eigenvalue weighted by Gasteiger charge is -2.27. The summed E-state index contributed by atoms with van der Waals surface area (Å²) in [6, 6.07) is 12.3. The molecule has 0 aromatic heterocycles. The molecule has 0 aliphatic rings. The summed E-state index contributed by atoms with van der Waals surface area (Å²) >= 11 is 0. The Hall–Kier alpha value is -2.89. The van der Waals surface area contributed by atoms with Crippen LogP contribution in [-0.2, 0) is 11.3 Å². The van der Waals surface area contributed by atoms with Gasteiger partial charge in [-0.15, -0.1) is 0 Å². The molecule has 0 heterocycles. The van der Waals surface area contributed by atoms with E-state index < -0.39 is 6.04 Å². The molecule has 0 bridgehead atoms. The van der Waals surface area contributed by atoms with Crippen molar-refractivity contribution in [1.82, 2.24) is 10.2 Å². The molecule has 5 nitrogen and oxygen atoms in total. The average Bonchev–Trinajstić information content (AvgIpc) is 2.67. The van der Waals surface area contributed by atoms with Crippen LogP contribution in [0.15, 0.2) is 48.5 Å². The summed E-state index contributed by atoms with van der Waals surface area (Å²) in [5.74, 6) is -0.505. The number of likely N-dealkylation sites (N-methyl/N-ethyl adjacent to an activating group) is 1. The van der Waals surface area contributed by atoms with Gasteiger partial charge in [0, 0.05) is 13.6 Å². The van der Waals surface area contributed by atoms with Gasteiger partial charge in [0.25, 0.3) is 5.91 Å². The Morgan fingerprint density at radius 3 is 2.36 bits per heavy atom. The lowest BCUT2D eigenvalue weighted by atomic mass is 10.0. The maximum absolute atomic E-state index is 13.1. The van der Waals surface area contributed by atoms with E-state index in [-0.39, 0.29) is 23.5 Å². The third-order valence-electron chi connectivity index (χ3n) is 4.36. The number of para-hydroxylation sites is 1. The highest BCUT2D eigenvalue weighted by molar-refractivity contribution is 5.99. The van der Waals surface area contributed by atoms with Gasteiger partial charge in [0.1, 0.15) is 17.6 Å². The largest absolute Gasteiger partial charge is 0.493 e. The molecule has 0 aliphatic carbocycles. The number of benzene rings is 2. The van der Waals surface area contributed by atoms with E-state index in [0.29, 0.717) is 24.5 Å². The van der Waals surface area contributed by atoms with Gasteiger partial charge in [-0.25, -0.2) is 4.39 Å². The van der Waals surface area contributed by atoms with Gasteiger partial charge in [0.15, 0.2) is 0 Å². The van der Waals surface area contributed by atoms with Gasteiger partial charge in [-0.1, -0.05) is 38.1 Å². The molecule has 28 heavy (non-hydrogen) atoms. The van der Waals surface area contributed by atoms with Crippen molar-refractivity contribution < 1.29 is 18.7 Å². The average molecular weight is 386 g/mol. The van der Waals surface area contributed by atoms with Crippen LogP contribution in [0.3, 0.4) is 0 Å². The summed E-state index contributed by atoms with van der Waals surface area (Å²) in [5, 5.41) is 2.84. The van der Waals surface area contributed by atoms with Crippen molar-refractivity contribution in [1.29, 1.82) is 0 Å². The van der Waals surface area contributed by atoms with E-state index in [0.717, 1.165) is 5.56 Å². The molecular formula is C22H27FN2O3. The molecule has 0 radical (unpaired) electrons. The fourth-order valence-electron chi connectivity index (χ4n) is 2.85. The van der Waals surface area contributed by atoms with Crippen LogP contribution in [0.25, 0.3) is 0 Å². The number of hydrogen-bond acceptors (Lipinski definition) is 3. The van der Waals surface area contributed by atoms with E-state index in [2.05, 4.69) is 5.32 Å². The van der Waals surface area contributed by atoms with Crippen LogP contribution >= 0.6 is 0 Å². The second kappa shape index (κ2) is 9.88. The number of nitrogens with zero attached hydrogens (tertiary/aromatic N) is 1. The van der Waals surface area contributed by atoms with Gasteiger partial charge in [0.05, 0.1) is 12.2 Å². The first kappa shape index (κ1) is 21.4. The van der Waals surface area contributed by atoms with Crippen LogP contribution in [0.5, 0.6) is 5.75 Å². The Bertz CT molecular complexity index is 806. The van der Waals surface area contributed by atoms with Gasteiger partial charge in [-0.3, -0.25) is 9.59 Å². The van der Waals surface area contributed by atoms with Crippen LogP contribution in [0.4, 0.5) is 4.39 Å². The van der Waals surface area contributed by atoms with Crippen molar-refractivity contribution >= 4 is 11.8 Å². The highest BCUT2D eigenvalue weighted by atomic mass is 19.1. The fourth-order valence-corrected chi connectivity index (χ4v) is 2.85. The minimum atomic E-state index is -0.687. The predicted octanol–water partition coefficient (Wildman–Crippen LogP) is 3.64. The lowest BCUT2D eigenvalue weighted by Crippen LogP contribution is -2.50. The molecule has 2 aromatic rings. The maximum atomic E-state index is 13.1. The number of halogens is 1. The Morgan fingerprint density at radius 1 is 1.11 bits per heavy atom. The second-order valence-corrected chi connectivity index (χ2v) is 6.95. The quantitative estimate of drug-likeness (QED) is 0.754. The van der Waals surface area contributed by atoms with Crippen LogP contribution < -0.4 is 10.1 Å². The van der Waals surface area contributed by atoms with Gasteiger partial charge in [0.2, 0.25) is 5.91 Å². The highest BCUT2D eigenvalue weighted by Crippen LogP contribution is 2.19. The first-order valence-electron chi connectivity index (χ1n) is 9.35. The van der Waals surface area contributed by atoms with Crippen LogP contribution in [0.2, 0.25) is 0 Å². The number of hydrogen-bond donors (Lipinski definition) is 1. The van der Waals surface area contributed by atoms with Crippen molar-refractivity contribution in [2.45, 2.75) is 33.4 Å². The smallest absolute Gasteiger partial charge is 0.255 e. The van der Waals surface area contributed by atoms with Gasteiger partial charge < -0.3 is 15.0 Å². The molecule has 2 aromatic carbocycles. The number of amides is 2. The molecule has 6 heteroatoms. The summed E-state index contributed by atoms with van der Waals surface area (Å²) in [5.41, 5.74) is 1.21. The van der Waals surface area contributed by atoms with Crippen molar-refractivity contribution in [3.8, 4) is 5.75 Å². The Morgan fingerprint density at radius 2 is 1.75 bits per heavy atom. The summed E-state index contributed by atoms with van der Waals surface area (Å²) in [4.78, 5) is 27.2. The number of rotatable bonds is 8. The number of ether oxygens (including phenoxy) is 1. The van der Waals surface area contributed by atoms with E-state index in [1.807, 2.05) is 20.8 Å². The lowest BCUT2D eigenvalue weighted by molar-refractivity contribution is -0.133. The summed E-state index contributed by atoms with van der Waals surface area (Å²) < 4.78 is 18.6. The van der Waals surface area contributed by atoms with E-state index in [4.69, 9.17) is 4.74 Å². The third kappa shape index (κ3) is 5.55. The van der Waals surface area contributed by atoms with Crippen molar-refractivity contribution in [2.75, 3.05) is 13.7 Å². The molecule has 1 unspecified atom stereocenters. The number of nitrogens with one attached hydrogen (secondary N) is 1. The first-order valence-corrected chi connectivity index (χ1v) is 9.35. The van der Waals surface area contributed by atoms with Crippen LogP contribution in [0.1, 0.15) is 36.7 Å². The third-order valence-corrected chi connectivity index (χ3v) is 4.36. The van der Waals surface area contributed by atoms with Crippen LogP contribution in [0, 0.1) is 11.7 Å². The molecule has 150 valence electrons. The molecule has 2 rings (SSSR count). The zero-order valence-electron chi connectivity index (χ0n) is 16.7. The topological polar surface area (TPSA) is 58.6 Å². The minimum absolute atomic E-state index is 0.105.